The fourth-order valence-corrected chi connectivity index (χ4v) is 5.10. The number of para-hydroxylation sites is 1. The van der Waals surface area contributed by atoms with Crippen LogP contribution in [0.1, 0.15) is 28.3 Å². The minimum Gasteiger partial charge on any atom is -1.00 e. The van der Waals surface area contributed by atoms with Crippen molar-refractivity contribution in [1.29, 1.82) is 0 Å². The number of rotatable bonds is 5. The molecule has 2 aliphatic rings. The molecular weight excluding hydrogens is 543 g/mol. The number of likely N-dealkylation sites (N-methyl/N-ethyl adjacent to an activating group) is 1. The molecule has 5 rings (SSSR count). The van der Waals surface area contributed by atoms with E-state index in [0.29, 0.717) is 21.7 Å². The molecule has 2 aliphatic heterocycles. The average molecular weight is 572 g/mol. The molecule has 0 saturated heterocycles. The van der Waals surface area contributed by atoms with Gasteiger partial charge in [-0.1, -0.05) is 48.5 Å². The summed E-state index contributed by atoms with van der Waals surface area (Å²) in [5, 5.41) is 3.20. The van der Waals surface area contributed by atoms with Gasteiger partial charge in [0.15, 0.2) is 17.5 Å². The molecule has 6 nitrogen and oxygen atoms in total. The maximum absolute atomic E-state index is 14.0. The minimum atomic E-state index is -0.474. The molecule has 0 bridgehead atoms. The van der Waals surface area contributed by atoms with Crippen LogP contribution in [-0.2, 0) is 17.8 Å². The Morgan fingerprint density at radius 3 is 2.59 bits per heavy atom. The summed E-state index contributed by atoms with van der Waals surface area (Å²) in [6, 6.07) is 19.7. The van der Waals surface area contributed by atoms with Crippen molar-refractivity contribution in [1.82, 2.24) is 0 Å². The molecule has 0 radical (unpaired) electrons. The Morgan fingerprint density at radius 2 is 1.85 bits per heavy atom. The van der Waals surface area contributed by atoms with E-state index in [-0.39, 0.29) is 36.7 Å². The normalized spacial score (nSPS) is 20.1. The van der Waals surface area contributed by atoms with Gasteiger partial charge in [-0.3, -0.25) is 4.79 Å². The van der Waals surface area contributed by atoms with Crippen LogP contribution in [0.3, 0.4) is 0 Å². The average Bonchev–Trinajstić information content (AvgIpc) is 3.28. The monoisotopic (exact) mass is 572 g/mol. The van der Waals surface area contributed by atoms with Crippen LogP contribution < -0.4 is 43.5 Å². The van der Waals surface area contributed by atoms with Crippen molar-refractivity contribution in [3.63, 3.8) is 0 Å². The maximum atomic E-state index is 14.0. The second kappa shape index (κ2) is 9.84. The summed E-state index contributed by atoms with van der Waals surface area (Å²) in [6.45, 7) is 3.70. The molecule has 1 N–H and O–H groups in total. The number of nitrogens with zero attached hydrogens (tertiary/aromatic N) is 1. The zero-order valence-electron chi connectivity index (χ0n) is 19.6. The van der Waals surface area contributed by atoms with Gasteiger partial charge < -0.3 is 48.0 Å². The van der Waals surface area contributed by atoms with Crippen LogP contribution in [0.25, 0.3) is 0 Å². The summed E-state index contributed by atoms with van der Waals surface area (Å²) in [6.07, 6.45) is 0.819. The molecule has 7 heteroatoms. The van der Waals surface area contributed by atoms with Crippen LogP contribution >= 0.6 is 0 Å². The van der Waals surface area contributed by atoms with Crippen molar-refractivity contribution >= 4 is 11.6 Å². The molecule has 3 aromatic carbocycles. The van der Waals surface area contributed by atoms with Gasteiger partial charge in [-0.05, 0) is 30.2 Å². The van der Waals surface area contributed by atoms with E-state index in [1.54, 1.807) is 7.11 Å². The smallest absolute Gasteiger partial charge is 0.287 e. The van der Waals surface area contributed by atoms with E-state index in [0.717, 1.165) is 41.9 Å². The number of aryl methyl sites for hydroxylation is 1. The van der Waals surface area contributed by atoms with E-state index in [2.05, 4.69) is 24.5 Å². The van der Waals surface area contributed by atoms with Gasteiger partial charge in [-0.2, -0.15) is 0 Å². The number of carbonyl (C=O) groups excluding carboxylic acids is 1. The number of anilines is 1. The number of benzene rings is 3. The summed E-state index contributed by atoms with van der Waals surface area (Å²) < 4.78 is 17.8. The molecule has 2 heterocycles. The lowest BCUT2D eigenvalue weighted by Gasteiger charge is -2.45. The van der Waals surface area contributed by atoms with Gasteiger partial charge in [-0.25, -0.2) is 0 Å². The summed E-state index contributed by atoms with van der Waals surface area (Å²) >= 11 is 0. The zero-order chi connectivity index (χ0) is 23.0. The number of nitrogens with one attached hydrogen (secondary N) is 1. The van der Waals surface area contributed by atoms with Gasteiger partial charge in [0.05, 0.1) is 26.3 Å². The topological polar surface area (TPSA) is 56.8 Å². The van der Waals surface area contributed by atoms with Crippen LogP contribution in [0.15, 0.2) is 60.7 Å². The predicted molar refractivity (Wildman–Crippen MR) is 127 cm³/mol. The number of carbonyl (C=O) groups is 1. The highest BCUT2D eigenvalue weighted by Crippen LogP contribution is 2.51. The second-order valence-corrected chi connectivity index (χ2v) is 9.02. The lowest BCUT2D eigenvalue weighted by molar-refractivity contribution is -0.944. The van der Waals surface area contributed by atoms with Crippen LogP contribution in [0.2, 0.25) is 0 Å². The maximum Gasteiger partial charge on any atom is 0.287 e. The molecule has 0 spiro atoms. The highest BCUT2D eigenvalue weighted by atomic mass is 127. The van der Waals surface area contributed by atoms with E-state index in [1.807, 2.05) is 55.5 Å². The van der Waals surface area contributed by atoms with Crippen molar-refractivity contribution in [3.8, 4) is 17.2 Å². The highest BCUT2D eigenvalue weighted by molar-refractivity contribution is 5.96. The van der Waals surface area contributed by atoms with Crippen molar-refractivity contribution < 1.29 is 47.5 Å². The Bertz CT molecular complexity index is 1200. The number of hydrogen-bond acceptors (Lipinski definition) is 4. The standard InChI is InChI=1S/C27H28N2O4.HI/c1-18-9-7-8-12-21(18)28-27(30)24-23-20(15-22-25(26(23)31-3)33-17-32-22)13-14-29(24,2)16-19-10-5-4-6-11-19;/h4-12,15,24H,13-14,16-17H2,1-3H3;1H. The number of methoxy groups -OCH3 is 1. The summed E-state index contributed by atoms with van der Waals surface area (Å²) in [5.41, 5.74) is 5.00. The third kappa shape index (κ3) is 4.34. The first kappa shape index (κ1) is 24.3. The molecule has 0 aromatic heterocycles. The quantitative estimate of drug-likeness (QED) is 0.373. The molecular formula is C27H29IN2O4. The largest absolute Gasteiger partial charge is 1.00 e. The fraction of sp³-hybridized carbons (Fsp3) is 0.296. The number of halogens is 1. The summed E-state index contributed by atoms with van der Waals surface area (Å²) in [5.74, 6) is 1.81. The number of ether oxygens (including phenoxy) is 3. The third-order valence-electron chi connectivity index (χ3n) is 6.77. The molecule has 0 saturated carbocycles. The third-order valence-corrected chi connectivity index (χ3v) is 6.77. The second-order valence-electron chi connectivity index (χ2n) is 9.02. The predicted octanol–water partition coefficient (Wildman–Crippen LogP) is 1.62. The Kier molecular flexibility index (Phi) is 7.04. The van der Waals surface area contributed by atoms with Crippen LogP contribution in [0, 0.1) is 6.92 Å². The van der Waals surface area contributed by atoms with Crippen molar-refractivity contribution in [3.05, 3.63) is 82.9 Å². The summed E-state index contributed by atoms with van der Waals surface area (Å²) in [4.78, 5) is 14.0. The van der Waals surface area contributed by atoms with Crippen LogP contribution in [-0.4, -0.2) is 37.9 Å². The molecule has 2 atom stereocenters. The zero-order valence-corrected chi connectivity index (χ0v) is 21.8. The molecule has 2 unspecified atom stereocenters. The summed E-state index contributed by atoms with van der Waals surface area (Å²) in [7, 11) is 3.78. The first-order valence-corrected chi connectivity index (χ1v) is 11.2. The van der Waals surface area contributed by atoms with E-state index >= 15 is 0 Å². The van der Waals surface area contributed by atoms with Crippen molar-refractivity contribution in [2.24, 2.45) is 0 Å². The molecule has 3 aromatic rings. The van der Waals surface area contributed by atoms with Crippen molar-refractivity contribution in [2.45, 2.75) is 25.9 Å². The Hall–Kier alpha value is -2.78. The first-order valence-electron chi connectivity index (χ1n) is 11.2. The Balaban J connectivity index is 0.00000274. The molecule has 0 aliphatic carbocycles. The van der Waals surface area contributed by atoms with Crippen LogP contribution in [0.5, 0.6) is 17.2 Å². The van der Waals surface area contributed by atoms with Gasteiger partial charge in [0, 0.05) is 17.7 Å². The van der Waals surface area contributed by atoms with E-state index in [9.17, 15) is 4.79 Å². The lowest BCUT2D eigenvalue weighted by Crippen LogP contribution is -3.00. The molecule has 178 valence electrons. The lowest BCUT2D eigenvalue weighted by atomic mass is 9.87. The Morgan fingerprint density at radius 1 is 1.12 bits per heavy atom. The Labute approximate surface area is 217 Å². The van der Waals surface area contributed by atoms with Gasteiger partial charge in [0.25, 0.3) is 5.91 Å². The number of quaternary nitrogens is 1. The van der Waals surface area contributed by atoms with Gasteiger partial charge in [-0.15, -0.1) is 0 Å². The highest BCUT2D eigenvalue weighted by Gasteiger charge is 2.47. The number of hydrogen-bond donors (Lipinski definition) is 1. The molecule has 1 amide bonds. The SMILES string of the molecule is COc1c2c(cc3c1C(C(=O)Nc1ccccc1C)[N+](C)(Cc1ccccc1)CC3)OCO2.[I-]. The van der Waals surface area contributed by atoms with Gasteiger partial charge in [0.2, 0.25) is 12.5 Å². The van der Waals surface area contributed by atoms with E-state index in [1.165, 1.54) is 5.56 Å². The van der Waals surface area contributed by atoms with Gasteiger partial charge in [0.1, 0.15) is 6.54 Å². The van der Waals surface area contributed by atoms with E-state index < -0.39 is 6.04 Å². The first-order chi connectivity index (χ1) is 16.0. The molecule has 0 fully saturated rings. The van der Waals surface area contributed by atoms with Crippen LogP contribution in [0.4, 0.5) is 5.69 Å². The molecule has 34 heavy (non-hydrogen) atoms. The number of amides is 1. The fourth-order valence-electron chi connectivity index (χ4n) is 5.10. The minimum absolute atomic E-state index is 0. The number of fused-ring (bicyclic) bond motifs is 2. The van der Waals surface area contributed by atoms with E-state index in [4.69, 9.17) is 14.2 Å². The van der Waals surface area contributed by atoms with Crippen molar-refractivity contribution in [2.75, 3.05) is 32.8 Å². The van der Waals surface area contributed by atoms with Gasteiger partial charge >= 0.3 is 0 Å².